The van der Waals surface area contributed by atoms with E-state index in [1.807, 2.05) is 30.3 Å². The summed E-state index contributed by atoms with van der Waals surface area (Å²) in [4.78, 5) is 9.91. The maximum atomic E-state index is 12.7. The molecule has 0 aliphatic carbocycles. The number of aliphatic hydroxyl groups is 1. The van der Waals surface area contributed by atoms with Gasteiger partial charge in [-0.2, -0.15) is 13.2 Å². The molecule has 2 aromatic heterocycles. The monoisotopic (exact) mass is 389 g/mol. The Morgan fingerprint density at radius 3 is 2.68 bits per heavy atom. The number of benzene rings is 1. The lowest BCUT2D eigenvalue weighted by Crippen LogP contribution is -2.49. The summed E-state index contributed by atoms with van der Waals surface area (Å²) in [5, 5.41) is 11.4. The van der Waals surface area contributed by atoms with Crippen molar-refractivity contribution in [3.05, 3.63) is 60.4 Å². The first-order valence-electron chi connectivity index (χ1n) is 8.88. The molecule has 1 aliphatic heterocycles. The number of ether oxygens (including phenoxy) is 1. The summed E-state index contributed by atoms with van der Waals surface area (Å²) in [6.07, 6.45) is -2.55. The second-order valence-corrected chi connectivity index (χ2v) is 6.72. The van der Waals surface area contributed by atoms with Gasteiger partial charge in [-0.15, -0.1) is 0 Å². The van der Waals surface area contributed by atoms with Crippen molar-refractivity contribution in [3.63, 3.8) is 0 Å². The van der Waals surface area contributed by atoms with Crippen molar-refractivity contribution in [2.24, 2.45) is 0 Å². The molecule has 0 radical (unpaired) electrons. The fourth-order valence-electron chi connectivity index (χ4n) is 3.30. The van der Waals surface area contributed by atoms with Crippen LogP contribution in [-0.2, 0) is 6.18 Å². The second kappa shape index (κ2) is 7.27. The van der Waals surface area contributed by atoms with Crippen molar-refractivity contribution in [1.82, 2.24) is 9.97 Å². The van der Waals surface area contributed by atoms with Crippen LogP contribution in [0.5, 0.6) is 5.75 Å². The molecule has 0 bridgehead atoms. The molecule has 2 atom stereocenters. The van der Waals surface area contributed by atoms with Gasteiger partial charge in [-0.3, -0.25) is 4.98 Å². The molecule has 146 valence electrons. The molecule has 4 rings (SSSR count). The molecule has 5 nitrogen and oxygen atoms in total. The Morgan fingerprint density at radius 1 is 1.11 bits per heavy atom. The quantitative estimate of drug-likeness (QED) is 0.741. The Balaban J connectivity index is 1.42. The van der Waals surface area contributed by atoms with E-state index in [1.54, 1.807) is 11.1 Å². The van der Waals surface area contributed by atoms with E-state index in [0.717, 1.165) is 23.2 Å². The van der Waals surface area contributed by atoms with E-state index < -0.39 is 23.9 Å². The highest BCUT2D eigenvalue weighted by Crippen LogP contribution is 2.30. The predicted octanol–water partition coefficient (Wildman–Crippen LogP) is 3.67. The number of hydrogen-bond acceptors (Lipinski definition) is 5. The summed E-state index contributed by atoms with van der Waals surface area (Å²) in [5.41, 5.74) is 0.0689. The average Bonchev–Trinajstić information content (AvgIpc) is 2.69. The fraction of sp³-hybridized carbons (Fsp3) is 0.300. The van der Waals surface area contributed by atoms with Crippen molar-refractivity contribution in [2.75, 3.05) is 18.0 Å². The van der Waals surface area contributed by atoms with Gasteiger partial charge in [-0.05, 0) is 36.4 Å². The maximum Gasteiger partial charge on any atom is 0.417 e. The number of alkyl halides is 3. The van der Waals surface area contributed by atoms with Gasteiger partial charge in [0, 0.05) is 37.3 Å². The molecule has 3 heterocycles. The number of nitrogens with zero attached hydrogens (tertiary/aromatic N) is 3. The highest BCUT2D eigenvalue weighted by atomic mass is 19.4. The Morgan fingerprint density at radius 2 is 1.96 bits per heavy atom. The summed E-state index contributed by atoms with van der Waals surface area (Å²) in [6, 6.07) is 11.7. The first-order valence-corrected chi connectivity index (χ1v) is 8.88. The van der Waals surface area contributed by atoms with Crippen LogP contribution >= 0.6 is 0 Å². The number of hydrogen-bond donors (Lipinski definition) is 1. The van der Waals surface area contributed by atoms with Gasteiger partial charge < -0.3 is 14.7 Å². The third-order valence-electron chi connectivity index (χ3n) is 4.78. The number of halogens is 3. The molecule has 1 aromatic carbocycles. The first-order chi connectivity index (χ1) is 13.4. The van der Waals surface area contributed by atoms with E-state index in [4.69, 9.17) is 4.74 Å². The number of fused-ring (bicyclic) bond motifs is 1. The van der Waals surface area contributed by atoms with Gasteiger partial charge >= 0.3 is 6.18 Å². The van der Waals surface area contributed by atoms with E-state index in [9.17, 15) is 18.3 Å². The minimum absolute atomic E-state index is 0.234. The number of pyridine rings is 2. The third kappa shape index (κ3) is 3.87. The molecular formula is C20H18F3N3O2. The maximum absolute atomic E-state index is 12.7. The minimum Gasteiger partial charge on any atom is -0.488 e. The van der Waals surface area contributed by atoms with Crippen LogP contribution in [0, 0.1) is 0 Å². The van der Waals surface area contributed by atoms with Crippen LogP contribution in [0.25, 0.3) is 10.9 Å². The highest BCUT2D eigenvalue weighted by Gasteiger charge is 2.32. The Hall–Kier alpha value is -2.87. The van der Waals surface area contributed by atoms with Gasteiger partial charge in [0.15, 0.2) is 0 Å². The van der Waals surface area contributed by atoms with Crippen LogP contribution in [-0.4, -0.2) is 40.4 Å². The second-order valence-electron chi connectivity index (χ2n) is 6.72. The number of anilines is 1. The molecule has 3 aromatic rings. The molecule has 8 heteroatoms. The Labute approximate surface area is 159 Å². The average molecular weight is 389 g/mol. The molecule has 28 heavy (non-hydrogen) atoms. The molecule has 1 fully saturated rings. The van der Waals surface area contributed by atoms with E-state index in [0.29, 0.717) is 24.5 Å². The minimum atomic E-state index is -4.42. The van der Waals surface area contributed by atoms with E-state index in [2.05, 4.69) is 9.97 Å². The molecular weight excluding hydrogens is 371 g/mol. The lowest BCUT2D eigenvalue weighted by molar-refractivity contribution is -0.137. The van der Waals surface area contributed by atoms with Crippen molar-refractivity contribution >= 4 is 16.7 Å². The summed E-state index contributed by atoms with van der Waals surface area (Å²) in [5.74, 6) is 1.05. The molecule has 0 amide bonds. The van der Waals surface area contributed by atoms with Crippen LogP contribution in [0.2, 0.25) is 0 Å². The predicted molar refractivity (Wildman–Crippen MR) is 98.2 cm³/mol. The largest absolute Gasteiger partial charge is 0.488 e. The molecule has 0 spiro atoms. The number of β-amino-alcohol motifs (C(OH)–C–C–N with tert-alkyl or cyclic N) is 1. The molecule has 1 saturated heterocycles. The zero-order valence-corrected chi connectivity index (χ0v) is 14.8. The van der Waals surface area contributed by atoms with Gasteiger partial charge in [-0.25, -0.2) is 4.98 Å². The van der Waals surface area contributed by atoms with E-state index >= 15 is 0 Å². The van der Waals surface area contributed by atoms with Gasteiger partial charge in [-0.1, -0.05) is 6.07 Å². The summed E-state index contributed by atoms with van der Waals surface area (Å²) in [7, 11) is 0. The Bertz CT molecular complexity index is 963. The topological polar surface area (TPSA) is 58.5 Å². The highest BCUT2D eigenvalue weighted by molar-refractivity contribution is 5.79. The fourth-order valence-corrected chi connectivity index (χ4v) is 3.30. The van der Waals surface area contributed by atoms with E-state index in [1.165, 1.54) is 6.07 Å². The van der Waals surface area contributed by atoms with Crippen LogP contribution in [0.3, 0.4) is 0 Å². The smallest absolute Gasteiger partial charge is 0.417 e. The van der Waals surface area contributed by atoms with Crippen LogP contribution in [0.1, 0.15) is 12.0 Å². The van der Waals surface area contributed by atoms with E-state index in [-0.39, 0.29) is 6.54 Å². The number of aliphatic hydroxyl groups excluding tert-OH is 1. The molecule has 1 aliphatic rings. The standard InChI is InChI=1S/C20H18F3N3O2/c21-20(22,23)14-3-6-19(25-11-14)26-9-7-18(17(27)12-26)28-15-4-5-16-13(10-15)2-1-8-24-16/h1-6,8,10-11,17-18,27H,7,9,12H2/t17-,18-/m1/s1. The lowest BCUT2D eigenvalue weighted by Gasteiger charge is -2.36. The number of aromatic nitrogens is 2. The summed E-state index contributed by atoms with van der Waals surface area (Å²) < 4.78 is 43.9. The van der Waals surface area contributed by atoms with Crippen molar-refractivity contribution < 1.29 is 23.0 Å². The lowest BCUT2D eigenvalue weighted by atomic mass is 10.0. The Kier molecular flexibility index (Phi) is 4.80. The van der Waals surface area contributed by atoms with Crippen molar-refractivity contribution in [2.45, 2.75) is 24.8 Å². The zero-order valence-electron chi connectivity index (χ0n) is 14.8. The number of piperidine rings is 1. The molecule has 0 unspecified atom stereocenters. The SMILES string of the molecule is O[C@@H]1CN(c2ccc(C(F)(F)F)cn2)CC[C@H]1Oc1ccc2ncccc2c1. The van der Waals surface area contributed by atoms with Crippen LogP contribution < -0.4 is 9.64 Å². The summed E-state index contributed by atoms with van der Waals surface area (Å²) >= 11 is 0. The number of rotatable bonds is 3. The zero-order chi connectivity index (χ0) is 19.7. The first kappa shape index (κ1) is 18.5. The third-order valence-corrected chi connectivity index (χ3v) is 4.78. The normalized spacial score (nSPS) is 20.4. The van der Waals surface area contributed by atoms with Crippen molar-refractivity contribution in [3.8, 4) is 5.75 Å². The van der Waals surface area contributed by atoms with Crippen LogP contribution in [0.4, 0.5) is 19.0 Å². The van der Waals surface area contributed by atoms with Crippen LogP contribution in [0.15, 0.2) is 54.9 Å². The van der Waals surface area contributed by atoms with Gasteiger partial charge in [0.2, 0.25) is 0 Å². The summed E-state index contributed by atoms with van der Waals surface area (Å²) in [6.45, 7) is 0.757. The van der Waals surface area contributed by atoms with Gasteiger partial charge in [0.05, 0.1) is 11.1 Å². The van der Waals surface area contributed by atoms with Gasteiger partial charge in [0.1, 0.15) is 23.8 Å². The molecule has 1 N–H and O–H groups in total. The van der Waals surface area contributed by atoms with Gasteiger partial charge in [0.25, 0.3) is 0 Å². The molecule has 0 saturated carbocycles. The van der Waals surface area contributed by atoms with Crippen molar-refractivity contribution in [1.29, 1.82) is 0 Å².